The SMILES string of the molecule is Cc1ccccc1-n1nc(C(=O)Nc2ccc(C(C)C)cc2)nc1C. The number of para-hydroxylation sites is 1. The average Bonchev–Trinajstić information content (AvgIpc) is 2.97. The summed E-state index contributed by atoms with van der Waals surface area (Å²) in [5, 5.41) is 7.23. The summed E-state index contributed by atoms with van der Waals surface area (Å²) in [7, 11) is 0. The lowest BCUT2D eigenvalue weighted by atomic mass is 10.0. The highest BCUT2D eigenvalue weighted by atomic mass is 16.2. The van der Waals surface area contributed by atoms with Gasteiger partial charge in [-0.05, 0) is 49.1 Å². The maximum atomic E-state index is 12.5. The van der Waals surface area contributed by atoms with Gasteiger partial charge in [0.2, 0.25) is 5.82 Å². The molecule has 0 aliphatic heterocycles. The number of aromatic nitrogens is 3. The lowest BCUT2D eigenvalue weighted by molar-refractivity contribution is 0.101. The van der Waals surface area contributed by atoms with Crippen molar-refractivity contribution in [2.75, 3.05) is 5.32 Å². The predicted octanol–water partition coefficient (Wildman–Crippen LogP) is 4.26. The van der Waals surface area contributed by atoms with E-state index in [4.69, 9.17) is 0 Å². The van der Waals surface area contributed by atoms with Gasteiger partial charge in [-0.3, -0.25) is 4.79 Å². The molecule has 5 heteroatoms. The van der Waals surface area contributed by atoms with Crippen molar-refractivity contribution in [3.63, 3.8) is 0 Å². The first kappa shape index (κ1) is 16.9. The maximum absolute atomic E-state index is 12.5. The Balaban J connectivity index is 1.81. The van der Waals surface area contributed by atoms with E-state index in [2.05, 4.69) is 29.2 Å². The van der Waals surface area contributed by atoms with Crippen LogP contribution in [-0.2, 0) is 0 Å². The van der Waals surface area contributed by atoms with E-state index in [9.17, 15) is 4.79 Å². The molecule has 5 nitrogen and oxygen atoms in total. The molecular weight excluding hydrogens is 312 g/mol. The molecule has 1 aromatic heterocycles. The van der Waals surface area contributed by atoms with Crippen LogP contribution in [0.15, 0.2) is 48.5 Å². The fourth-order valence-electron chi connectivity index (χ4n) is 2.65. The Hall–Kier alpha value is -2.95. The highest BCUT2D eigenvalue weighted by Crippen LogP contribution is 2.18. The van der Waals surface area contributed by atoms with Gasteiger partial charge in [0.15, 0.2) is 0 Å². The molecule has 0 saturated heterocycles. The van der Waals surface area contributed by atoms with E-state index >= 15 is 0 Å². The van der Waals surface area contributed by atoms with Crippen LogP contribution in [0, 0.1) is 13.8 Å². The largest absolute Gasteiger partial charge is 0.319 e. The molecule has 0 spiro atoms. The van der Waals surface area contributed by atoms with Crippen molar-refractivity contribution in [1.29, 1.82) is 0 Å². The monoisotopic (exact) mass is 334 g/mol. The van der Waals surface area contributed by atoms with Gasteiger partial charge in [-0.1, -0.05) is 44.2 Å². The van der Waals surface area contributed by atoms with Crippen molar-refractivity contribution < 1.29 is 4.79 Å². The smallest absolute Gasteiger partial charge is 0.295 e. The number of anilines is 1. The summed E-state index contributed by atoms with van der Waals surface area (Å²) in [6.45, 7) is 8.12. The van der Waals surface area contributed by atoms with Crippen molar-refractivity contribution in [2.24, 2.45) is 0 Å². The van der Waals surface area contributed by atoms with E-state index in [0.717, 1.165) is 16.9 Å². The molecule has 0 bridgehead atoms. The summed E-state index contributed by atoms with van der Waals surface area (Å²) < 4.78 is 1.70. The summed E-state index contributed by atoms with van der Waals surface area (Å²) >= 11 is 0. The fourth-order valence-corrected chi connectivity index (χ4v) is 2.65. The van der Waals surface area contributed by atoms with Crippen LogP contribution < -0.4 is 5.32 Å². The number of rotatable bonds is 4. The van der Waals surface area contributed by atoms with Crippen LogP contribution in [0.1, 0.15) is 47.3 Å². The zero-order valence-corrected chi connectivity index (χ0v) is 14.9. The molecule has 1 amide bonds. The second-order valence-electron chi connectivity index (χ2n) is 6.41. The van der Waals surface area contributed by atoms with Gasteiger partial charge in [0.25, 0.3) is 5.91 Å². The second kappa shape index (κ2) is 6.89. The number of benzene rings is 2. The zero-order valence-electron chi connectivity index (χ0n) is 14.9. The number of carbonyl (C=O) groups is 1. The summed E-state index contributed by atoms with van der Waals surface area (Å²) in [4.78, 5) is 16.8. The number of nitrogens with zero attached hydrogens (tertiary/aromatic N) is 3. The molecule has 0 fully saturated rings. The number of carbonyl (C=O) groups excluding carboxylic acids is 1. The third kappa shape index (κ3) is 3.60. The first-order valence-electron chi connectivity index (χ1n) is 8.36. The second-order valence-corrected chi connectivity index (χ2v) is 6.41. The fraction of sp³-hybridized carbons (Fsp3) is 0.250. The molecule has 1 heterocycles. The van der Waals surface area contributed by atoms with Crippen LogP contribution >= 0.6 is 0 Å². The number of nitrogens with one attached hydrogen (secondary N) is 1. The molecule has 25 heavy (non-hydrogen) atoms. The average molecular weight is 334 g/mol. The van der Waals surface area contributed by atoms with Gasteiger partial charge in [-0.2, -0.15) is 0 Å². The van der Waals surface area contributed by atoms with Crippen molar-refractivity contribution in [3.05, 3.63) is 71.3 Å². The molecule has 3 rings (SSSR count). The van der Waals surface area contributed by atoms with Gasteiger partial charge in [-0.15, -0.1) is 5.10 Å². The first-order valence-corrected chi connectivity index (χ1v) is 8.36. The molecule has 0 saturated carbocycles. The number of hydrogen-bond acceptors (Lipinski definition) is 3. The molecule has 3 aromatic rings. The quantitative estimate of drug-likeness (QED) is 0.775. The Morgan fingerprint density at radius 1 is 1.04 bits per heavy atom. The first-order chi connectivity index (χ1) is 12.0. The van der Waals surface area contributed by atoms with E-state index in [1.165, 1.54) is 5.56 Å². The van der Waals surface area contributed by atoms with Crippen molar-refractivity contribution in [2.45, 2.75) is 33.6 Å². The molecule has 0 aliphatic rings. The summed E-state index contributed by atoms with van der Waals surface area (Å²) in [6, 6.07) is 15.7. The van der Waals surface area contributed by atoms with E-state index in [-0.39, 0.29) is 11.7 Å². The standard InChI is InChI=1S/C20H22N4O/c1-13(2)16-9-11-17(12-10-16)22-20(25)19-21-15(4)24(23-19)18-8-6-5-7-14(18)3/h5-13H,1-4H3,(H,22,25). The van der Waals surface area contributed by atoms with Gasteiger partial charge >= 0.3 is 0 Å². The maximum Gasteiger partial charge on any atom is 0.295 e. The summed E-state index contributed by atoms with van der Waals surface area (Å²) in [5.41, 5.74) is 3.97. The van der Waals surface area contributed by atoms with E-state index in [1.807, 2.05) is 62.4 Å². The van der Waals surface area contributed by atoms with Crippen molar-refractivity contribution >= 4 is 11.6 Å². The van der Waals surface area contributed by atoms with E-state index in [0.29, 0.717) is 11.7 Å². The molecular formula is C20H22N4O. The molecule has 0 unspecified atom stereocenters. The minimum atomic E-state index is -0.312. The number of hydrogen-bond donors (Lipinski definition) is 1. The van der Waals surface area contributed by atoms with Gasteiger partial charge < -0.3 is 5.32 Å². The van der Waals surface area contributed by atoms with Crippen LogP contribution in [0.5, 0.6) is 0 Å². The Bertz CT molecular complexity index is 894. The molecule has 2 aromatic carbocycles. The topological polar surface area (TPSA) is 59.8 Å². The van der Waals surface area contributed by atoms with E-state index < -0.39 is 0 Å². The molecule has 0 aliphatic carbocycles. The highest BCUT2D eigenvalue weighted by molar-refractivity contribution is 6.01. The summed E-state index contributed by atoms with van der Waals surface area (Å²) in [5.74, 6) is 0.981. The van der Waals surface area contributed by atoms with Crippen LogP contribution in [0.2, 0.25) is 0 Å². The Morgan fingerprint density at radius 3 is 2.36 bits per heavy atom. The lowest BCUT2D eigenvalue weighted by Crippen LogP contribution is -2.14. The molecule has 0 atom stereocenters. The van der Waals surface area contributed by atoms with Crippen molar-refractivity contribution in [1.82, 2.24) is 14.8 Å². The van der Waals surface area contributed by atoms with Crippen LogP contribution in [-0.4, -0.2) is 20.7 Å². The minimum absolute atomic E-state index is 0.161. The van der Waals surface area contributed by atoms with Gasteiger partial charge in [0, 0.05) is 5.69 Å². The zero-order chi connectivity index (χ0) is 18.0. The van der Waals surface area contributed by atoms with Crippen LogP contribution in [0.25, 0.3) is 5.69 Å². The number of amides is 1. The normalized spacial score (nSPS) is 10.9. The third-order valence-electron chi connectivity index (χ3n) is 4.15. The van der Waals surface area contributed by atoms with Gasteiger partial charge in [0.05, 0.1) is 5.69 Å². The van der Waals surface area contributed by atoms with Gasteiger partial charge in [-0.25, -0.2) is 9.67 Å². The van der Waals surface area contributed by atoms with Crippen LogP contribution in [0.3, 0.4) is 0 Å². The Kier molecular flexibility index (Phi) is 4.65. The van der Waals surface area contributed by atoms with E-state index in [1.54, 1.807) is 4.68 Å². The highest BCUT2D eigenvalue weighted by Gasteiger charge is 2.16. The molecule has 1 N–H and O–H groups in total. The lowest BCUT2D eigenvalue weighted by Gasteiger charge is -2.07. The Labute approximate surface area is 147 Å². The summed E-state index contributed by atoms with van der Waals surface area (Å²) in [6.07, 6.45) is 0. The van der Waals surface area contributed by atoms with Gasteiger partial charge in [0.1, 0.15) is 5.82 Å². The minimum Gasteiger partial charge on any atom is -0.319 e. The predicted molar refractivity (Wildman–Crippen MR) is 99.3 cm³/mol. The third-order valence-corrected chi connectivity index (χ3v) is 4.15. The van der Waals surface area contributed by atoms with Crippen molar-refractivity contribution in [3.8, 4) is 5.69 Å². The Morgan fingerprint density at radius 2 is 1.72 bits per heavy atom. The number of aryl methyl sites for hydroxylation is 2. The molecule has 128 valence electrons. The molecule has 0 radical (unpaired) electrons. The van der Waals surface area contributed by atoms with Crippen LogP contribution in [0.4, 0.5) is 5.69 Å².